The van der Waals surface area contributed by atoms with Gasteiger partial charge in [-0.25, -0.2) is 0 Å². The van der Waals surface area contributed by atoms with E-state index in [1.165, 1.54) is 25.7 Å². The van der Waals surface area contributed by atoms with Crippen LogP contribution in [0.2, 0.25) is 0 Å². The zero-order valence-corrected chi connectivity index (χ0v) is 11.9. The molecule has 4 heteroatoms. The van der Waals surface area contributed by atoms with Gasteiger partial charge in [-0.15, -0.1) is 0 Å². The lowest BCUT2D eigenvalue weighted by atomic mass is 9.87. The maximum absolute atomic E-state index is 5.91. The van der Waals surface area contributed by atoms with E-state index >= 15 is 0 Å². The average Bonchev–Trinajstić information content (AvgIpc) is 3.18. The first-order valence-electron chi connectivity index (χ1n) is 7.29. The van der Waals surface area contributed by atoms with Crippen molar-refractivity contribution < 1.29 is 4.74 Å². The summed E-state index contributed by atoms with van der Waals surface area (Å²) >= 11 is 0. The SMILES string of the molecule is CN=C(NCC1CCCOC1C(C)C)NC1CC1. The molecule has 0 aromatic rings. The second-order valence-corrected chi connectivity index (χ2v) is 5.85. The topological polar surface area (TPSA) is 45.7 Å². The summed E-state index contributed by atoms with van der Waals surface area (Å²) in [6.45, 7) is 6.39. The van der Waals surface area contributed by atoms with Gasteiger partial charge in [0.1, 0.15) is 0 Å². The quantitative estimate of drug-likeness (QED) is 0.593. The van der Waals surface area contributed by atoms with E-state index in [0.717, 1.165) is 19.1 Å². The molecule has 0 aromatic carbocycles. The molecule has 2 rings (SSSR count). The average molecular weight is 253 g/mol. The van der Waals surface area contributed by atoms with Crippen LogP contribution in [-0.4, -0.2) is 38.3 Å². The third kappa shape index (κ3) is 3.87. The lowest BCUT2D eigenvalue weighted by Gasteiger charge is -2.34. The first-order valence-corrected chi connectivity index (χ1v) is 7.29. The smallest absolute Gasteiger partial charge is 0.191 e. The second-order valence-electron chi connectivity index (χ2n) is 5.85. The molecular weight excluding hydrogens is 226 g/mol. The van der Waals surface area contributed by atoms with E-state index in [-0.39, 0.29) is 0 Å². The summed E-state index contributed by atoms with van der Waals surface area (Å²) in [4.78, 5) is 4.28. The van der Waals surface area contributed by atoms with Gasteiger partial charge >= 0.3 is 0 Å². The van der Waals surface area contributed by atoms with Gasteiger partial charge in [0.2, 0.25) is 0 Å². The third-order valence-electron chi connectivity index (χ3n) is 3.82. The van der Waals surface area contributed by atoms with E-state index in [4.69, 9.17) is 4.74 Å². The molecule has 1 aliphatic carbocycles. The highest BCUT2D eigenvalue weighted by Crippen LogP contribution is 2.25. The fraction of sp³-hybridized carbons (Fsp3) is 0.929. The van der Waals surface area contributed by atoms with Crippen LogP contribution in [0.4, 0.5) is 0 Å². The standard InChI is InChI=1S/C14H27N3O/c1-10(2)13-11(5-4-8-18-13)9-16-14(15-3)17-12-6-7-12/h10-13H,4-9H2,1-3H3,(H2,15,16,17). The van der Waals surface area contributed by atoms with Crippen LogP contribution >= 0.6 is 0 Å². The summed E-state index contributed by atoms with van der Waals surface area (Å²) in [7, 11) is 1.84. The lowest BCUT2D eigenvalue weighted by molar-refractivity contribution is -0.0505. The first-order chi connectivity index (χ1) is 8.70. The summed E-state index contributed by atoms with van der Waals surface area (Å²) in [6, 6.07) is 0.653. The Morgan fingerprint density at radius 1 is 1.33 bits per heavy atom. The molecule has 1 saturated carbocycles. The number of guanidine groups is 1. The zero-order chi connectivity index (χ0) is 13.0. The number of hydrogen-bond acceptors (Lipinski definition) is 2. The van der Waals surface area contributed by atoms with E-state index in [0.29, 0.717) is 24.0 Å². The minimum Gasteiger partial charge on any atom is -0.378 e. The molecule has 2 unspecified atom stereocenters. The molecule has 1 heterocycles. The van der Waals surface area contributed by atoms with Gasteiger partial charge in [0, 0.05) is 32.2 Å². The Labute approximate surface area is 111 Å². The Bertz CT molecular complexity index is 287. The Hall–Kier alpha value is -0.770. The van der Waals surface area contributed by atoms with E-state index in [1.807, 2.05) is 7.05 Å². The van der Waals surface area contributed by atoms with Gasteiger partial charge < -0.3 is 15.4 Å². The highest BCUT2D eigenvalue weighted by atomic mass is 16.5. The third-order valence-corrected chi connectivity index (χ3v) is 3.82. The molecule has 104 valence electrons. The van der Waals surface area contributed by atoms with Crippen molar-refractivity contribution in [2.75, 3.05) is 20.2 Å². The van der Waals surface area contributed by atoms with E-state index in [2.05, 4.69) is 29.5 Å². The summed E-state index contributed by atoms with van der Waals surface area (Å²) in [5.41, 5.74) is 0. The minimum atomic E-state index is 0.394. The molecule has 2 atom stereocenters. The van der Waals surface area contributed by atoms with Crippen molar-refractivity contribution in [1.29, 1.82) is 0 Å². The van der Waals surface area contributed by atoms with Crippen molar-refractivity contribution in [3.05, 3.63) is 0 Å². The Kier molecular flexibility index (Phi) is 4.87. The van der Waals surface area contributed by atoms with Crippen LogP contribution in [0.3, 0.4) is 0 Å². The van der Waals surface area contributed by atoms with Gasteiger partial charge in [0.25, 0.3) is 0 Å². The number of hydrogen-bond donors (Lipinski definition) is 2. The summed E-state index contributed by atoms with van der Waals surface area (Å²) in [5, 5.41) is 6.88. The molecule has 0 radical (unpaired) electrons. The van der Waals surface area contributed by atoms with Gasteiger partial charge in [-0.2, -0.15) is 0 Å². The van der Waals surface area contributed by atoms with Gasteiger partial charge in [0.15, 0.2) is 5.96 Å². The molecule has 2 aliphatic rings. The number of aliphatic imine (C=N–C) groups is 1. The van der Waals surface area contributed by atoms with Crippen LogP contribution in [0.1, 0.15) is 39.5 Å². The first kappa shape index (κ1) is 13.7. The summed E-state index contributed by atoms with van der Waals surface area (Å²) < 4.78 is 5.91. The van der Waals surface area contributed by atoms with Gasteiger partial charge in [-0.3, -0.25) is 4.99 Å². The van der Waals surface area contributed by atoms with Crippen LogP contribution in [-0.2, 0) is 4.74 Å². The number of nitrogens with one attached hydrogen (secondary N) is 2. The molecular formula is C14H27N3O. The molecule has 1 aliphatic heterocycles. The van der Waals surface area contributed by atoms with Crippen molar-refractivity contribution in [3.63, 3.8) is 0 Å². The minimum absolute atomic E-state index is 0.394. The second kappa shape index (κ2) is 6.41. The lowest BCUT2D eigenvalue weighted by Crippen LogP contribution is -2.45. The molecule has 18 heavy (non-hydrogen) atoms. The molecule has 0 amide bonds. The Morgan fingerprint density at radius 2 is 2.11 bits per heavy atom. The normalized spacial score (nSPS) is 29.4. The summed E-state index contributed by atoms with van der Waals surface area (Å²) in [5.74, 6) is 2.15. The van der Waals surface area contributed by atoms with Gasteiger partial charge in [-0.05, 0) is 31.6 Å². The van der Waals surface area contributed by atoms with Crippen LogP contribution < -0.4 is 10.6 Å². The van der Waals surface area contributed by atoms with Gasteiger partial charge in [0.05, 0.1) is 6.10 Å². The fourth-order valence-corrected chi connectivity index (χ4v) is 2.66. The van der Waals surface area contributed by atoms with Crippen molar-refractivity contribution in [3.8, 4) is 0 Å². The van der Waals surface area contributed by atoms with Crippen LogP contribution in [0.25, 0.3) is 0 Å². The maximum Gasteiger partial charge on any atom is 0.191 e. The van der Waals surface area contributed by atoms with Crippen molar-refractivity contribution in [2.45, 2.75) is 51.7 Å². The van der Waals surface area contributed by atoms with Gasteiger partial charge in [-0.1, -0.05) is 13.8 Å². The van der Waals surface area contributed by atoms with Crippen LogP contribution in [0.5, 0.6) is 0 Å². The monoisotopic (exact) mass is 253 g/mol. The number of nitrogens with zero attached hydrogens (tertiary/aromatic N) is 1. The largest absolute Gasteiger partial charge is 0.378 e. The van der Waals surface area contributed by atoms with Crippen molar-refractivity contribution in [1.82, 2.24) is 10.6 Å². The molecule has 1 saturated heterocycles. The van der Waals surface area contributed by atoms with Crippen molar-refractivity contribution >= 4 is 5.96 Å². The highest BCUT2D eigenvalue weighted by Gasteiger charge is 2.29. The Balaban J connectivity index is 1.79. The summed E-state index contributed by atoms with van der Waals surface area (Å²) in [6.07, 6.45) is 5.40. The zero-order valence-electron chi connectivity index (χ0n) is 11.9. The maximum atomic E-state index is 5.91. The van der Waals surface area contributed by atoms with Crippen LogP contribution in [0, 0.1) is 11.8 Å². The van der Waals surface area contributed by atoms with E-state index in [1.54, 1.807) is 0 Å². The van der Waals surface area contributed by atoms with Crippen molar-refractivity contribution in [2.24, 2.45) is 16.8 Å². The highest BCUT2D eigenvalue weighted by molar-refractivity contribution is 5.80. The number of rotatable bonds is 4. The van der Waals surface area contributed by atoms with Crippen LogP contribution in [0.15, 0.2) is 4.99 Å². The Morgan fingerprint density at radius 3 is 2.72 bits per heavy atom. The molecule has 2 fully saturated rings. The molecule has 4 nitrogen and oxygen atoms in total. The predicted molar refractivity (Wildman–Crippen MR) is 74.8 cm³/mol. The number of ether oxygens (including phenoxy) is 1. The fourth-order valence-electron chi connectivity index (χ4n) is 2.66. The molecule has 0 spiro atoms. The van der Waals surface area contributed by atoms with E-state index in [9.17, 15) is 0 Å². The molecule has 0 aromatic heterocycles. The van der Waals surface area contributed by atoms with E-state index < -0.39 is 0 Å². The molecule has 2 N–H and O–H groups in total. The predicted octanol–water partition coefficient (Wildman–Crippen LogP) is 1.76. The molecule has 0 bridgehead atoms.